The number of nitrogens with one attached hydrogen (secondary N) is 1. The van der Waals surface area contributed by atoms with Crippen LogP contribution in [0.5, 0.6) is 5.75 Å². The average molecular weight is 274 g/mol. The van der Waals surface area contributed by atoms with Crippen molar-refractivity contribution < 1.29 is 9.53 Å². The van der Waals surface area contributed by atoms with Crippen molar-refractivity contribution in [3.05, 3.63) is 41.7 Å². The topological polar surface area (TPSA) is 82.2 Å². The molecule has 0 bridgehead atoms. The molecule has 0 spiro atoms. The molecular weight excluding hydrogens is 256 g/mol. The number of nitrogen functional groups attached to an aromatic ring is 1. The van der Waals surface area contributed by atoms with E-state index in [0.29, 0.717) is 18.0 Å². The van der Waals surface area contributed by atoms with Gasteiger partial charge in [0.2, 0.25) is 0 Å². The fourth-order valence-electron chi connectivity index (χ4n) is 1.72. The standard InChI is InChI=1S/C14H18N4O2/c1-10-11(8-17-18(10)2)7-16-14(19)9-20-13-5-3-4-12(15)6-13/h3-6,8H,7,9,15H2,1-2H3,(H,16,19). The molecule has 1 amide bonds. The van der Waals surface area contributed by atoms with Crippen molar-refractivity contribution in [2.75, 3.05) is 12.3 Å². The maximum Gasteiger partial charge on any atom is 0.258 e. The van der Waals surface area contributed by atoms with Crippen LogP contribution in [0.2, 0.25) is 0 Å². The van der Waals surface area contributed by atoms with E-state index < -0.39 is 0 Å². The van der Waals surface area contributed by atoms with Crippen molar-refractivity contribution in [1.29, 1.82) is 0 Å². The summed E-state index contributed by atoms with van der Waals surface area (Å²) in [5.41, 5.74) is 8.25. The van der Waals surface area contributed by atoms with Gasteiger partial charge in [-0.05, 0) is 19.1 Å². The zero-order chi connectivity index (χ0) is 14.5. The van der Waals surface area contributed by atoms with Gasteiger partial charge in [-0.3, -0.25) is 9.48 Å². The fraction of sp³-hybridized carbons (Fsp3) is 0.286. The Labute approximate surface area is 117 Å². The van der Waals surface area contributed by atoms with Gasteiger partial charge in [-0.2, -0.15) is 5.10 Å². The molecule has 1 aromatic heterocycles. The first-order valence-corrected chi connectivity index (χ1v) is 6.29. The SMILES string of the molecule is Cc1c(CNC(=O)COc2cccc(N)c2)cnn1C. The van der Waals surface area contributed by atoms with E-state index in [1.807, 2.05) is 14.0 Å². The smallest absolute Gasteiger partial charge is 0.258 e. The molecule has 0 fully saturated rings. The highest BCUT2D eigenvalue weighted by Gasteiger charge is 2.07. The van der Waals surface area contributed by atoms with E-state index in [4.69, 9.17) is 10.5 Å². The number of hydrogen-bond donors (Lipinski definition) is 2. The second kappa shape index (κ2) is 6.10. The maximum atomic E-state index is 11.7. The Bertz CT molecular complexity index is 607. The quantitative estimate of drug-likeness (QED) is 0.797. The summed E-state index contributed by atoms with van der Waals surface area (Å²) in [6.07, 6.45) is 1.74. The second-order valence-corrected chi connectivity index (χ2v) is 4.52. The van der Waals surface area contributed by atoms with Crippen molar-refractivity contribution >= 4 is 11.6 Å². The Morgan fingerprint density at radius 2 is 2.30 bits per heavy atom. The van der Waals surface area contributed by atoms with Crippen LogP contribution in [0.15, 0.2) is 30.5 Å². The highest BCUT2D eigenvalue weighted by Crippen LogP contribution is 2.14. The first kappa shape index (κ1) is 13.9. The fourth-order valence-corrected chi connectivity index (χ4v) is 1.72. The number of anilines is 1. The number of nitrogens with two attached hydrogens (primary N) is 1. The Morgan fingerprint density at radius 1 is 1.50 bits per heavy atom. The number of aromatic nitrogens is 2. The number of benzene rings is 1. The monoisotopic (exact) mass is 274 g/mol. The van der Waals surface area contributed by atoms with E-state index in [1.54, 1.807) is 35.1 Å². The number of ether oxygens (including phenoxy) is 1. The van der Waals surface area contributed by atoms with Gasteiger partial charge in [-0.15, -0.1) is 0 Å². The maximum absolute atomic E-state index is 11.7. The van der Waals surface area contributed by atoms with Gasteiger partial charge < -0.3 is 15.8 Å². The average Bonchev–Trinajstić information content (AvgIpc) is 2.74. The molecule has 0 atom stereocenters. The molecule has 1 heterocycles. The van der Waals surface area contributed by atoms with Crippen LogP contribution in [-0.2, 0) is 18.4 Å². The van der Waals surface area contributed by atoms with Gasteiger partial charge >= 0.3 is 0 Å². The third-order valence-corrected chi connectivity index (χ3v) is 3.04. The number of nitrogens with zero attached hydrogens (tertiary/aromatic N) is 2. The zero-order valence-electron chi connectivity index (χ0n) is 11.6. The lowest BCUT2D eigenvalue weighted by Crippen LogP contribution is -2.28. The van der Waals surface area contributed by atoms with Crippen molar-refractivity contribution in [3.63, 3.8) is 0 Å². The second-order valence-electron chi connectivity index (χ2n) is 4.52. The first-order chi connectivity index (χ1) is 9.56. The van der Waals surface area contributed by atoms with E-state index in [9.17, 15) is 4.79 Å². The van der Waals surface area contributed by atoms with Crippen LogP contribution in [0.1, 0.15) is 11.3 Å². The summed E-state index contributed by atoms with van der Waals surface area (Å²) in [6.45, 7) is 2.36. The summed E-state index contributed by atoms with van der Waals surface area (Å²) in [5.74, 6) is 0.397. The molecule has 6 nitrogen and oxygen atoms in total. The lowest BCUT2D eigenvalue weighted by atomic mass is 10.2. The molecule has 2 rings (SSSR count). The molecule has 2 aromatic rings. The summed E-state index contributed by atoms with van der Waals surface area (Å²) in [7, 11) is 1.86. The molecule has 0 aliphatic carbocycles. The summed E-state index contributed by atoms with van der Waals surface area (Å²) >= 11 is 0. The third kappa shape index (κ3) is 3.50. The van der Waals surface area contributed by atoms with Crippen molar-refractivity contribution in [3.8, 4) is 5.75 Å². The Hall–Kier alpha value is -2.50. The molecule has 0 radical (unpaired) electrons. The van der Waals surface area contributed by atoms with Gasteiger partial charge in [0.1, 0.15) is 5.75 Å². The molecule has 3 N–H and O–H groups in total. The predicted octanol–water partition coefficient (Wildman–Crippen LogP) is 1.01. The van der Waals surface area contributed by atoms with Crippen molar-refractivity contribution in [1.82, 2.24) is 15.1 Å². The van der Waals surface area contributed by atoms with Crippen LogP contribution in [-0.4, -0.2) is 22.3 Å². The van der Waals surface area contributed by atoms with Crippen LogP contribution >= 0.6 is 0 Å². The number of hydrogen-bond acceptors (Lipinski definition) is 4. The van der Waals surface area contributed by atoms with Crippen LogP contribution in [0.3, 0.4) is 0 Å². The summed E-state index contributed by atoms with van der Waals surface area (Å²) in [4.78, 5) is 11.7. The van der Waals surface area contributed by atoms with Gasteiger partial charge in [0.25, 0.3) is 5.91 Å². The van der Waals surface area contributed by atoms with E-state index >= 15 is 0 Å². The number of carbonyl (C=O) groups is 1. The predicted molar refractivity (Wildman–Crippen MR) is 76.1 cm³/mol. The van der Waals surface area contributed by atoms with E-state index in [0.717, 1.165) is 11.3 Å². The van der Waals surface area contributed by atoms with Gasteiger partial charge in [-0.1, -0.05) is 6.07 Å². The van der Waals surface area contributed by atoms with E-state index in [-0.39, 0.29) is 12.5 Å². The van der Waals surface area contributed by atoms with Crippen LogP contribution in [0, 0.1) is 6.92 Å². The molecular formula is C14H18N4O2. The van der Waals surface area contributed by atoms with Crippen molar-refractivity contribution in [2.45, 2.75) is 13.5 Å². The summed E-state index contributed by atoms with van der Waals surface area (Å²) in [6, 6.07) is 6.98. The van der Waals surface area contributed by atoms with Crippen LogP contribution in [0.25, 0.3) is 0 Å². The normalized spacial score (nSPS) is 10.3. The van der Waals surface area contributed by atoms with Gasteiger partial charge in [0.15, 0.2) is 6.61 Å². The molecule has 0 unspecified atom stereocenters. The number of amides is 1. The lowest BCUT2D eigenvalue weighted by molar-refractivity contribution is -0.123. The first-order valence-electron chi connectivity index (χ1n) is 6.29. The van der Waals surface area contributed by atoms with Gasteiger partial charge in [0.05, 0.1) is 6.20 Å². The zero-order valence-corrected chi connectivity index (χ0v) is 11.6. The molecule has 0 saturated heterocycles. The minimum absolute atomic E-state index is 0.0389. The van der Waals surface area contributed by atoms with Crippen LogP contribution < -0.4 is 15.8 Å². The third-order valence-electron chi connectivity index (χ3n) is 3.04. The molecule has 20 heavy (non-hydrogen) atoms. The van der Waals surface area contributed by atoms with Gasteiger partial charge in [-0.25, -0.2) is 0 Å². The highest BCUT2D eigenvalue weighted by molar-refractivity contribution is 5.77. The molecule has 6 heteroatoms. The van der Waals surface area contributed by atoms with Crippen molar-refractivity contribution in [2.24, 2.45) is 7.05 Å². The molecule has 0 aliphatic rings. The lowest BCUT2D eigenvalue weighted by Gasteiger charge is -2.07. The Balaban J connectivity index is 1.80. The molecule has 0 saturated carbocycles. The highest BCUT2D eigenvalue weighted by atomic mass is 16.5. The number of carbonyl (C=O) groups excluding carboxylic acids is 1. The summed E-state index contributed by atoms with van der Waals surface area (Å²) in [5, 5.41) is 6.91. The largest absolute Gasteiger partial charge is 0.484 e. The summed E-state index contributed by atoms with van der Waals surface area (Å²) < 4.78 is 7.13. The van der Waals surface area contributed by atoms with E-state index in [2.05, 4.69) is 10.4 Å². The molecule has 0 aliphatic heterocycles. The minimum Gasteiger partial charge on any atom is -0.484 e. The Kier molecular flexibility index (Phi) is 4.24. The van der Waals surface area contributed by atoms with E-state index in [1.165, 1.54) is 0 Å². The molecule has 106 valence electrons. The van der Waals surface area contributed by atoms with Gasteiger partial charge in [0, 0.05) is 36.6 Å². The minimum atomic E-state index is -0.185. The number of rotatable bonds is 5. The number of aryl methyl sites for hydroxylation is 1. The van der Waals surface area contributed by atoms with Crippen LogP contribution in [0.4, 0.5) is 5.69 Å². The molecule has 1 aromatic carbocycles. The Morgan fingerprint density at radius 3 is 2.95 bits per heavy atom.